The van der Waals surface area contributed by atoms with Crippen molar-refractivity contribution in [1.29, 1.82) is 0 Å². The second-order valence-corrected chi connectivity index (χ2v) is 4.28. The Morgan fingerprint density at radius 1 is 1.00 bits per heavy atom. The summed E-state index contributed by atoms with van der Waals surface area (Å²) in [6.45, 7) is 3.02. The molecule has 2 nitrogen and oxygen atoms in total. The third-order valence-corrected chi connectivity index (χ3v) is 3.20. The lowest BCUT2D eigenvalue weighted by Gasteiger charge is -2.24. The maximum absolute atomic E-state index is 13.7. The smallest absolute Gasteiger partial charge is 0.192 e. The van der Waals surface area contributed by atoms with Crippen LogP contribution in [0.3, 0.4) is 0 Å². The molecule has 1 aliphatic heterocycles. The van der Waals surface area contributed by atoms with E-state index in [1.54, 1.807) is 12.1 Å². The van der Waals surface area contributed by atoms with E-state index in [0.717, 1.165) is 10.9 Å². The molecule has 1 saturated heterocycles. The van der Waals surface area contributed by atoms with Gasteiger partial charge in [0, 0.05) is 10.9 Å². The van der Waals surface area contributed by atoms with Gasteiger partial charge >= 0.3 is 0 Å². The van der Waals surface area contributed by atoms with Crippen molar-refractivity contribution in [2.24, 2.45) is 0 Å². The van der Waals surface area contributed by atoms with Crippen LogP contribution in [0.15, 0.2) is 36.4 Å². The predicted octanol–water partition coefficient (Wildman–Crippen LogP) is 3.20. The molecule has 2 aromatic rings. The van der Waals surface area contributed by atoms with E-state index in [0.29, 0.717) is 18.6 Å². The minimum Gasteiger partial charge on any atom is -0.344 e. The molecule has 0 bridgehead atoms. The summed E-state index contributed by atoms with van der Waals surface area (Å²) in [4.78, 5) is 0. The maximum Gasteiger partial charge on any atom is 0.192 e. The molecule has 1 heterocycles. The van der Waals surface area contributed by atoms with Crippen LogP contribution in [0.4, 0.5) is 4.39 Å². The lowest BCUT2D eigenvalue weighted by molar-refractivity contribution is -0.148. The molecule has 0 N–H and O–H groups in total. The largest absolute Gasteiger partial charge is 0.344 e. The summed E-state index contributed by atoms with van der Waals surface area (Å²) in [5.41, 5.74) is 0.881. The van der Waals surface area contributed by atoms with Crippen molar-refractivity contribution in [3.05, 3.63) is 47.8 Å². The van der Waals surface area contributed by atoms with Gasteiger partial charge < -0.3 is 9.47 Å². The van der Waals surface area contributed by atoms with Crippen LogP contribution in [0.25, 0.3) is 10.8 Å². The van der Waals surface area contributed by atoms with Crippen molar-refractivity contribution in [3.8, 4) is 0 Å². The summed E-state index contributed by atoms with van der Waals surface area (Å²) in [5.74, 6) is -0.973. The summed E-state index contributed by atoms with van der Waals surface area (Å²) < 4.78 is 25.0. The van der Waals surface area contributed by atoms with Gasteiger partial charge in [-0.1, -0.05) is 30.3 Å². The molecule has 0 atom stereocenters. The Hall–Kier alpha value is -1.45. The van der Waals surface area contributed by atoms with Gasteiger partial charge in [0.1, 0.15) is 5.82 Å². The number of hydrogen-bond donors (Lipinski definition) is 0. The minimum absolute atomic E-state index is 0.217. The number of hydrogen-bond acceptors (Lipinski definition) is 2. The van der Waals surface area contributed by atoms with Crippen molar-refractivity contribution in [2.45, 2.75) is 12.7 Å². The van der Waals surface area contributed by atoms with E-state index in [-0.39, 0.29) is 5.82 Å². The Bertz CT molecular complexity index is 559. The van der Waals surface area contributed by atoms with Gasteiger partial charge in [0.25, 0.3) is 0 Å². The molecule has 0 aliphatic carbocycles. The molecular weight excluding hydrogens is 219 g/mol. The minimum atomic E-state index is -0.757. The molecule has 1 aliphatic rings. The number of fused-ring (bicyclic) bond motifs is 1. The summed E-state index contributed by atoms with van der Waals surface area (Å²) >= 11 is 0. The summed E-state index contributed by atoms with van der Waals surface area (Å²) in [7, 11) is 0. The van der Waals surface area contributed by atoms with Gasteiger partial charge in [-0.25, -0.2) is 4.39 Å². The zero-order valence-corrected chi connectivity index (χ0v) is 9.57. The van der Waals surface area contributed by atoms with Gasteiger partial charge in [-0.2, -0.15) is 0 Å². The first kappa shape index (κ1) is 10.7. The number of halogens is 1. The molecule has 88 valence electrons. The first-order valence-electron chi connectivity index (χ1n) is 5.66. The van der Waals surface area contributed by atoms with Crippen LogP contribution in [0.2, 0.25) is 0 Å². The Balaban J connectivity index is 2.27. The topological polar surface area (TPSA) is 18.5 Å². The molecule has 0 amide bonds. The molecule has 0 spiro atoms. The predicted molar refractivity (Wildman–Crippen MR) is 63.2 cm³/mol. The van der Waals surface area contributed by atoms with Crippen LogP contribution in [-0.2, 0) is 15.3 Å². The maximum atomic E-state index is 13.7. The monoisotopic (exact) mass is 232 g/mol. The van der Waals surface area contributed by atoms with E-state index in [1.165, 1.54) is 6.07 Å². The van der Waals surface area contributed by atoms with Gasteiger partial charge in [-0.15, -0.1) is 0 Å². The van der Waals surface area contributed by atoms with Gasteiger partial charge in [-0.05, 0) is 18.4 Å². The Labute approximate surface area is 99.0 Å². The van der Waals surface area contributed by atoms with Crippen molar-refractivity contribution < 1.29 is 13.9 Å². The highest BCUT2D eigenvalue weighted by Crippen LogP contribution is 2.36. The third-order valence-electron chi connectivity index (χ3n) is 3.20. The lowest BCUT2D eigenvalue weighted by atomic mass is 9.98. The molecule has 0 unspecified atom stereocenters. The van der Waals surface area contributed by atoms with E-state index in [4.69, 9.17) is 9.47 Å². The highest BCUT2D eigenvalue weighted by atomic mass is 19.1. The Kier molecular flexibility index (Phi) is 2.38. The van der Waals surface area contributed by atoms with E-state index < -0.39 is 5.79 Å². The van der Waals surface area contributed by atoms with Crippen molar-refractivity contribution >= 4 is 10.8 Å². The second-order valence-electron chi connectivity index (χ2n) is 4.28. The molecule has 0 radical (unpaired) electrons. The van der Waals surface area contributed by atoms with Gasteiger partial charge in [-0.3, -0.25) is 0 Å². The highest BCUT2D eigenvalue weighted by Gasteiger charge is 2.34. The van der Waals surface area contributed by atoms with Crippen LogP contribution < -0.4 is 0 Å². The molecular formula is C14H13FO2. The molecule has 1 fully saturated rings. The van der Waals surface area contributed by atoms with E-state index >= 15 is 0 Å². The zero-order chi connectivity index (χ0) is 11.9. The van der Waals surface area contributed by atoms with E-state index in [9.17, 15) is 4.39 Å². The van der Waals surface area contributed by atoms with Crippen LogP contribution in [-0.4, -0.2) is 13.2 Å². The fraction of sp³-hybridized carbons (Fsp3) is 0.286. The normalized spacial score (nSPS) is 18.7. The van der Waals surface area contributed by atoms with Crippen molar-refractivity contribution in [3.63, 3.8) is 0 Å². The van der Waals surface area contributed by atoms with Gasteiger partial charge in [0.2, 0.25) is 0 Å². The summed E-state index contributed by atoms with van der Waals surface area (Å²) in [5, 5.41) is 1.45. The van der Waals surface area contributed by atoms with Gasteiger partial charge in [0.15, 0.2) is 5.79 Å². The molecule has 0 saturated carbocycles. The first-order valence-corrected chi connectivity index (χ1v) is 5.66. The number of rotatable bonds is 1. The van der Waals surface area contributed by atoms with E-state index in [1.807, 2.05) is 25.1 Å². The summed E-state index contributed by atoms with van der Waals surface area (Å²) in [6.07, 6.45) is 0. The van der Waals surface area contributed by atoms with Crippen molar-refractivity contribution in [1.82, 2.24) is 0 Å². The fourth-order valence-electron chi connectivity index (χ4n) is 2.33. The molecule has 3 heteroatoms. The standard InChI is InChI=1S/C14H13FO2/c1-14(16-8-9-17-14)12-6-7-13(15)11-5-3-2-4-10(11)12/h2-7H,8-9H2,1H3. The third kappa shape index (κ3) is 1.63. The molecule has 0 aromatic heterocycles. The van der Waals surface area contributed by atoms with Crippen LogP contribution >= 0.6 is 0 Å². The average molecular weight is 232 g/mol. The quantitative estimate of drug-likeness (QED) is 0.751. The number of benzene rings is 2. The average Bonchev–Trinajstić information content (AvgIpc) is 2.78. The molecule has 17 heavy (non-hydrogen) atoms. The van der Waals surface area contributed by atoms with Crippen molar-refractivity contribution in [2.75, 3.05) is 13.2 Å². The van der Waals surface area contributed by atoms with Crippen LogP contribution in [0.5, 0.6) is 0 Å². The first-order chi connectivity index (χ1) is 8.21. The second kappa shape index (κ2) is 3.79. The molecule has 3 rings (SSSR count). The SMILES string of the molecule is CC1(c2ccc(F)c3ccccc23)OCCO1. The van der Waals surface area contributed by atoms with E-state index in [2.05, 4.69) is 0 Å². The fourth-order valence-corrected chi connectivity index (χ4v) is 2.33. The Morgan fingerprint density at radius 3 is 2.35 bits per heavy atom. The number of ether oxygens (including phenoxy) is 2. The Morgan fingerprint density at radius 2 is 1.65 bits per heavy atom. The molecule has 2 aromatic carbocycles. The lowest BCUT2D eigenvalue weighted by Crippen LogP contribution is -2.22. The van der Waals surface area contributed by atoms with Crippen LogP contribution in [0.1, 0.15) is 12.5 Å². The summed E-state index contributed by atoms with van der Waals surface area (Å²) in [6, 6.07) is 10.6. The van der Waals surface area contributed by atoms with Gasteiger partial charge in [0.05, 0.1) is 13.2 Å². The highest BCUT2D eigenvalue weighted by molar-refractivity contribution is 5.86. The van der Waals surface area contributed by atoms with Crippen LogP contribution in [0, 0.1) is 5.82 Å². The zero-order valence-electron chi connectivity index (χ0n) is 9.57.